The van der Waals surface area contributed by atoms with E-state index in [0.717, 1.165) is 0 Å². The van der Waals surface area contributed by atoms with Gasteiger partial charge in [0.15, 0.2) is 0 Å². The highest BCUT2D eigenvalue weighted by molar-refractivity contribution is 5.78. The van der Waals surface area contributed by atoms with Crippen LogP contribution in [0, 0.1) is 12.3 Å². The third kappa shape index (κ3) is 2.51. The van der Waals surface area contributed by atoms with Gasteiger partial charge in [-0.05, 0) is 27.2 Å². The largest absolute Gasteiger partial charge is 0.465 e. The van der Waals surface area contributed by atoms with Gasteiger partial charge in [0.2, 0.25) is 11.2 Å². The van der Waals surface area contributed by atoms with Crippen LogP contribution in [0.25, 0.3) is 0 Å². The Bertz CT molecular complexity index is 443. The van der Waals surface area contributed by atoms with E-state index in [4.69, 9.17) is 9.15 Å². The van der Waals surface area contributed by atoms with Gasteiger partial charge >= 0.3 is 5.97 Å². The van der Waals surface area contributed by atoms with Crippen LogP contribution < -0.4 is 10.2 Å². The zero-order valence-corrected chi connectivity index (χ0v) is 9.99. The molecule has 0 unspecified atom stereocenters. The molecular weight excluding hydrogens is 208 g/mol. The van der Waals surface area contributed by atoms with Crippen LogP contribution in [-0.2, 0) is 4.79 Å². The first kappa shape index (κ1) is 12.5. The zero-order chi connectivity index (χ0) is 12.3. The quantitative estimate of drug-likeness (QED) is 0.739. The van der Waals surface area contributed by atoms with Crippen LogP contribution in [0.5, 0.6) is 5.75 Å². The van der Waals surface area contributed by atoms with Crippen molar-refractivity contribution in [3.05, 3.63) is 28.3 Å². The number of rotatable bonds is 3. The average molecular weight is 224 g/mol. The Morgan fingerprint density at radius 1 is 1.50 bits per heavy atom. The molecule has 4 heteroatoms. The van der Waals surface area contributed by atoms with Gasteiger partial charge in [-0.2, -0.15) is 0 Å². The van der Waals surface area contributed by atoms with Crippen LogP contribution >= 0.6 is 0 Å². The van der Waals surface area contributed by atoms with Crippen molar-refractivity contribution >= 4 is 5.97 Å². The average Bonchev–Trinajstić information content (AvgIpc) is 2.23. The minimum Gasteiger partial charge on any atom is -0.465 e. The van der Waals surface area contributed by atoms with E-state index in [-0.39, 0.29) is 11.2 Å². The Kier molecular flexibility index (Phi) is 3.52. The number of esters is 1. The summed E-state index contributed by atoms with van der Waals surface area (Å²) in [5.74, 6) is -0.127. The Morgan fingerprint density at radius 2 is 2.12 bits per heavy atom. The van der Waals surface area contributed by atoms with Gasteiger partial charge < -0.3 is 9.15 Å². The van der Waals surface area contributed by atoms with E-state index >= 15 is 0 Å². The van der Waals surface area contributed by atoms with E-state index in [1.165, 1.54) is 12.3 Å². The fourth-order valence-corrected chi connectivity index (χ4v) is 0.998. The van der Waals surface area contributed by atoms with Gasteiger partial charge in [-0.15, -0.1) is 0 Å². The molecule has 1 rings (SSSR count). The molecule has 88 valence electrons. The van der Waals surface area contributed by atoms with Crippen LogP contribution in [0.1, 0.15) is 33.0 Å². The highest BCUT2D eigenvalue weighted by atomic mass is 16.5. The van der Waals surface area contributed by atoms with Gasteiger partial charge in [0.25, 0.3) is 0 Å². The van der Waals surface area contributed by atoms with Gasteiger partial charge in [-0.25, -0.2) is 0 Å². The van der Waals surface area contributed by atoms with Crippen molar-refractivity contribution in [1.82, 2.24) is 0 Å². The molecule has 0 bridgehead atoms. The number of ether oxygens (including phenoxy) is 1. The summed E-state index contributed by atoms with van der Waals surface area (Å²) in [5.41, 5.74) is -0.946. The molecule has 1 aromatic heterocycles. The Morgan fingerprint density at radius 3 is 2.62 bits per heavy atom. The monoisotopic (exact) mass is 224 g/mol. The Balaban J connectivity index is 2.98. The maximum absolute atomic E-state index is 11.8. The van der Waals surface area contributed by atoms with Crippen molar-refractivity contribution in [1.29, 1.82) is 0 Å². The smallest absolute Gasteiger partial charge is 0.317 e. The van der Waals surface area contributed by atoms with E-state index in [0.29, 0.717) is 12.2 Å². The van der Waals surface area contributed by atoms with Crippen LogP contribution in [-0.4, -0.2) is 5.97 Å². The summed E-state index contributed by atoms with van der Waals surface area (Å²) < 4.78 is 10.1. The minimum atomic E-state index is -0.602. The van der Waals surface area contributed by atoms with Crippen molar-refractivity contribution in [3.63, 3.8) is 0 Å². The SMILES string of the molecule is CCC(C)(C)C(=O)Oc1c(C)occc1=O. The lowest BCUT2D eigenvalue weighted by Crippen LogP contribution is -2.30. The summed E-state index contributed by atoms with van der Waals surface area (Å²) >= 11 is 0. The van der Waals surface area contributed by atoms with Gasteiger partial charge in [0.1, 0.15) is 5.76 Å². The van der Waals surface area contributed by atoms with Crippen molar-refractivity contribution in [3.8, 4) is 5.75 Å². The van der Waals surface area contributed by atoms with Crippen LogP contribution in [0.4, 0.5) is 0 Å². The van der Waals surface area contributed by atoms with E-state index in [1.807, 2.05) is 6.92 Å². The lowest BCUT2D eigenvalue weighted by Gasteiger charge is -2.19. The standard InChI is InChI=1S/C12H16O4/c1-5-12(3,4)11(14)16-10-8(2)15-7-6-9(10)13/h6-7H,5H2,1-4H3. The summed E-state index contributed by atoms with van der Waals surface area (Å²) in [6.07, 6.45) is 1.92. The minimum absolute atomic E-state index is 0.0194. The topological polar surface area (TPSA) is 56.5 Å². The Labute approximate surface area is 94.2 Å². The third-order valence-electron chi connectivity index (χ3n) is 2.64. The maximum atomic E-state index is 11.8. The first-order chi connectivity index (χ1) is 7.38. The molecule has 1 heterocycles. The molecule has 0 atom stereocenters. The van der Waals surface area contributed by atoms with E-state index in [2.05, 4.69) is 0 Å². The van der Waals surface area contributed by atoms with E-state index in [1.54, 1.807) is 20.8 Å². The second-order valence-corrected chi connectivity index (χ2v) is 4.30. The lowest BCUT2D eigenvalue weighted by atomic mass is 9.91. The second kappa shape index (κ2) is 4.51. The molecule has 0 amide bonds. The summed E-state index contributed by atoms with van der Waals surface area (Å²) in [5, 5.41) is 0. The zero-order valence-electron chi connectivity index (χ0n) is 9.99. The van der Waals surface area contributed by atoms with Crippen LogP contribution in [0.2, 0.25) is 0 Å². The third-order valence-corrected chi connectivity index (χ3v) is 2.64. The number of carbonyl (C=O) groups is 1. The van der Waals surface area contributed by atoms with Crippen molar-refractivity contribution in [2.45, 2.75) is 34.1 Å². The van der Waals surface area contributed by atoms with Crippen LogP contribution in [0.15, 0.2) is 21.5 Å². The second-order valence-electron chi connectivity index (χ2n) is 4.30. The fraction of sp³-hybridized carbons (Fsp3) is 0.500. The fourth-order valence-electron chi connectivity index (χ4n) is 0.998. The highest BCUT2D eigenvalue weighted by Gasteiger charge is 2.28. The van der Waals surface area contributed by atoms with Crippen molar-refractivity contribution in [2.24, 2.45) is 5.41 Å². The molecule has 0 fully saturated rings. The molecule has 0 saturated carbocycles. The first-order valence-electron chi connectivity index (χ1n) is 5.19. The predicted octanol–water partition coefficient (Wildman–Crippen LogP) is 2.29. The molecule has 0 aliphatic rings. The number of hydrogen-bond donors (Lipinski definition) is 0. The molecule has 4 nitrogen and oxygen atoms in total. The lowest BCUT2D eigenvalue weighted by molar-refractivity contribution is -0.144. The van der Waals surface area contributed by atoms with Gasteiger partial charge in [-0.3, -0.25) is 9.59 Å². The molecule has 0 saturated heterocycles. The molecular formula is C12H16O4. The molecule has 0 spiro atoms. The molecule has 0 N–H and O–H groups in total. The van der Waals surface area contributed by atoms with Crippen LogP contribution in [0.3, 0.4) is 0 Å². The maximum Gasteiger partial charge on any atom is 0.317 e. The summed E-state index contributed by atoms with van der Waals surface area (Å²) in [6, 6.07) is 1.23. The van der Waals surface area contributed by atoms with E-state index in [9.17, 15) is 9.59 Å². The summed E-state index contributed by atoms with van der Waals surface area (Å²) in [7, 11) is 0. The molecule has 0 aliphatic carbocycles. The molecule has 1 aromatic rings. The number of aryl methyl sites for hydroxylation is 1. The van der Waals surface area contributed by atoms with Gasteiger partial charge in [0.05, 0.1) is 11.7 Å². The Hall–Kier alpha value is -1.58. The van der Waals surface area contributed by atoms with Crippen molar-refractivity contribution < 1.29 is 13.9 Å². The summed E-state index contributed by atoms with van der Waals surface area (Å²) in [6.45, 7) is 7.02. The van der Waals surface area contributed by atoms with E-state index < -0.39 is 11.4 Å². The number of hydrogen-bond acceptors (Lipinski definition) is 4. The molecule has 0 aliphatic heterocycles. The summed E-state index contributed by atoms with van der Waals surface area (Å²) in [4.78, 5) is 23.2. The van der Waals surface area contributed by atoms with Crippen molar-refractivity contribution in [2.75, 3.05) is 0 Å². The highest BCUT2D eigenvalue weighted by Crippen LogP contribution is 2.23. The first-order valence-corrected chi connectivity index (χ1v) is 5.19. The number of carbonyl (C=O) groups excluding carboxylic acids is 1. The van der Waals surface area contributed by atoms with Gasteiger partial charge in [-0.1, -0.05) is 6.92 Å². The molecule has 0 radical (unpaired) electrons. The predicted molar refractivity (Wildman–Crippen MR) is 59.4 cm³/mol. The van der Waals surface area contributed by atoms with Gasteiger partial charge in [0, 0.05) is 6.07 Å². The molecule has 16 heavy (non-hydrogen) atoms. The normalized spacial score (nSPS) is 11.2. The molecule has 0 aromatic carbocycles.